The Kier molecular flexibility index (Phi) is 4.02. The quantitative estimate of drug-likeness (QED) is 0.893. The summed E-state index contributed by atoms with van der Waals surface area (Å²) in [7, 11) is 1.66. The number of nitrogens with zero attached hydrogens (tertiary/aromatic N) is 3. The number of nitrogens with two attached hydrogens (primary N) is 1. The number of aromatic nitrogens is 1. The lowest BCUT2D eigenvalue weighted by molar-refractivity contribution is -0.129. The molecule has 5 nitrogen and oxygen atoms in total. The minimum Gasteiger partial charge on any atom is -0.369 e. The van der Waals surface area contributed by atoms with E-state index in [1.54, 1.807) is 7.05 Å². The van der Waals surface area contributed by atoms with Gasteiger partial charge in [0, 0.05) is 36.0 Å². The van der Waals surface area contributed by atoms with Crippen molar-refractivity contribution in [2.24, 2.45) is 10.7 Å². The highest BCUT2D eigenvalue weighted by Crippen LogP contribution is 2.40. The number of aryl methyl sites for hydroxylation is 1. The van der Waals surface area contributed by atoms with E-state index < -0.39 is 5.54 Å². The lowest BCUT2D eigenvalue weighted by Gasteiger charge is -2.25. The van der Waals surface area contributed by atoms with Gasteiger partial charge in [-0.05, 0) is 30.2 Å². The summed E-state index contributed by atoms with van der Waals surface area (Å²) in [5.41, 5.74) is 6.49. The number of amides is 1. The van der Waals surface area contributed by atoms with Gasteiger partial charge in [0.15, 0.2) is 11.5 Å². The van der Waals surface area contributed by atoms with E-state index in [4.69, 9.17) is 5.73 Å². The van der Waals surface area contributed by atoms with E-state index in [1.165, 1.54) is 4.90 Å². The lowest BCUT2D eigenvalue weighted by Crippen LogP contribution is -2.41. The number of hydrogen-bond donors (Lipinski definition) is 1. The van der Waals surface area contributed by atoms with Crippen molar-refractivity contribution in [3.8, 4) is 0 Å². The van der Waals surface area contributed by atoms with Crippen LogP contribution in [0.15, 0.2) is 52.2 Å². The Balaban J connectivity index is 2.21. The number of carbonyl (C=O) groups excluding carboxylic acids is 1. The standard InChI is InChI=1S/C17H19BrN4O/c1-3-8-22-9-7-13(11-22)17(12-5-4-6-14(18)10-12)15(23)21(2)16(19)20-17/h4-7,9-11H,3,8H2,1-2H3,(H2,19,20). The molecule has 0 radical (unpaired) electrons. The first-order valence-corrected chi connectivity index (χ1v) is 8.34. The Morgan fingerprint density at radius 2 is 2.09 bits per heavy atom. The number of hydrogen-bond acceptors (Lipinski definition) is 3. The van der Waals surface area contributed by atoms with Crippen LogP contribution in [0.2, 0.25) is 0 Å². The molecule has 120 valence electrons. The van der Waals surface area contributed by atoms with E-state index in [1.807, 2.05) is 42.7 Å². The van der Waals surface area contributed by atoms with Crippen LogP contribution in [-0.4, -0.2) is 28.4 Å². The fraction of sp³-hybridized carbons (Fsp3) is 0.294. The molecule has 3 rings (SSSR count). The lowest BCUT2D eigenvalue weighted by atomic mass is 9.84. The van der Waals surface area contributed by atoms with Crippen molar-refractivity contribution in [2.75, 3.05) is 7.05 Å². The Morgan fingerprint density at radius 3 is 2.70 bits per heavy atom. The Hall–Kier alpha value is -2.08. The van der Waals surface area contributed by atoms with Crippen LogP contribution in [0.1, 0.15) is 24.5 Å². The molecule has 1 unspecified atom stereocenters. The third kappa shape index (κ3) is 2.47. The highest BCUT2D eigenvalue weighted by Gasteiger charge is 2.49. The SMILES string of the molecule is CCCn1ccc(C2(c3cccc(Br)c3)N=C(N)N(C)C2=O)c1. The van der Waals surface area contributed by atoms with Crippen LogP contribution in [0.4, 0.5) is 0 Å². The van der Waals surface area contributed by atoms with Gasteiger partial charge in [-0.15, -0.1) is 0 Å². The molecule has 2 heterocycles. The predicted octanol–water partition coefficient (Wildman–Crippen LogP) is 2.69. The number of benzene rings is 1. The average molecular weight is 375 g/mol. The van der Waals surface area contributed by atoms with Crippen molar-refractivity contribution in [3.63, 3.8) is 0 Å². The molecule has 1 amide bonds. The van der Waals surface area contributed by atoms with E-state index in [0.29, 0.717) is 0 Å². The van der Waals surface area contributed by atoms with Gasteiger partial charge in [-0.1, -0.05) is 35.0 Å². The van der Waals surface area contributed by atoms with Gasteiger partial charge in [0.2, 0.25) is 0 Å². The third-order valence-corrected chi connectivity index (χ3v) is 4.63. The molecule has 0 aliphatic carbocycles. The number of likely N-dealkylation sites (N-methyl/N-ethyl adjacent to an activating group) is 1. The van der Waals surface area contributed by atoms with Crippen molar-refractivity contribution < 1.29 is 4.79 Å². The summed E-state index contributed by atoms with van der Waals surface area (Å²) >= 11 is 3.48. The zero-order valence-corrected chi connectivity index (χ0v) is 14.7. The summed E-state index contributed by atoms with van der Waals surface area (Å²) in [4.78, 5) is 19.0. The van der Waals surface area contributed by atoms with Gasteiger partial charge in [0.05, 0.1) is 0 Å². The molecule has 0 spiro atoms. The number of aliphatic imine (C=N–C) groups is 1. The highest BCUT2D eigenvalue weighted by atomic mass is 79.9. The molecule has 0 fully saturated rings. The summed E-state index contributed by atoms with van der Waals surface area (Å²) in [5, 5.41) is 0. The number of carbonyl (C=O) groups is 1. The first-order valence-electron chi connectivity index (χ1n) is 7.55. The van der Waals surface area contributed by atoms with Crippen LogP contribution in [0.25, 0.3) is 0 Å². The smallest absolute Gasteiger partial charge is 0.266 e. The third-order valence-electron chi connectivity index (χ3n) is 4.13. The van der Waals surface area contributed by atoms with E-state index >= 15 is 0 Å². The molecule has 2 aromatic rings. The molecule has 0 saturated heterocycles. The van der Waals surface area contributed by atoms with Crippen LogP contribution < -0.4 is 5.73 Å². The summed E-state index contributed by atoms with van der Waals surface area (Å²) in [6.45, 7) is 3.02. The first kappa shape index (κ1) is 15.8. The summed E-state index contributed by atoms with van der Waals surface area (Å²) in [6.07, 6.45) is 4.99. The van der Waals surface area contributed by atoms with E-state index in [2.05, 4.69) is 32.4 Å². The van der Waals surface area contributed by atoms with Crippen molar-refractivity contribution in [3.05, 3.63) is 58.3 Å². The molecule has 0 bridgehead atoms. The van der Waals surface area contributed by atoms with E-state index in [-0.39, 0.29) is 11.9 Å². The fourth-order valence-corrected chi connectivity index (χ4v) is 3.35. The topological polar surface area (TPSA) is 63.6 Å². The molecule has 1 aliphatic heterocycles. The summed E-state index contributed by atoms with van der Waals surface area (Å²) in [5.74, 6) is 0.0977. The number of guanidine groups is 1. The molecule has 1 aromatic heterocycles. The molecular weight excluding hydrogens is 356 g/mol. The van der Waals surface area contributed by atoms with Crippen LogP contribution in [0, 0.1) is 0 Å². The maximum atomic E-state index is 13.0. The van der Waals surface area contributed by atoms with Crippen LogP contribution in [-0.2, 0) is 16.9 Å². The molecule has 6 heteroatoms. The van der Waals surface area contributed by atoms with Crippen LogP contribution >= 0.6 is 15.9 Å². The first-order chi connectivity index (χ1) is 11.0. The number of halogens is 1. The molecule has 2 N–H and O–H groups in total. The second kappa shape index (κ2) is 5.85. The van der Waals surface area contributed by atoms with Gasteiger partial charge in [-0.3, -0.25) is 9.69 Å². The van der Waals surface area contributed by atoms with Crippen molar-refractivity contribution in [2.45, 2.75) is 25.4 Å². The number of rotatable bonds is 4. The van der Waals surface area contributed by atoms with Gasteiger partial charge in [-0.2, -0.15) is 0 Å². The van der Waals surface area contributed by atoms with Crippen molar-refractivity contribution in [1.29, 1.82) is 0 Å². The Morgan fingerprint density at radius 1 is 1.30 bits per heavy atom. The van der Waals surface area contributed by atoms with E-state index in [9.17, 15) is 4.79 Å². The Bertz CT molecular complexity index is 782. The van der Waals surface area contributed by atoms with Gasteiger partial charge in [-0.25, -0.2) is 4.99 Å². The second-order valence-corrected chi connectivity index (χ2v) is 6.61. The van der Waals surface area contributed by atoms with Crippen LogP contribution in [0.5, 0.6) is 0 Å². The Labute approximate surface area is 143 Å². The molecule has 1 aliphatic rings. The molecule has 23 heavy (non-hydrogen) atoms. The maximum absolute atomic E-state index is 13.0. The largest absolute Gasteiger partial charge is 0.369 e. The molecule has 1 atom stereocenters. The minimum atomic E-state index is -1.11. The molecule has 1 aromatic carbocycles. The van der Waals surface area contributed by atoms with Gasteiger partial charge in [0.1, 0.15) is 0 Å². The van der Waals surface area contributed by atoms with Gasteiger partial charge in [0.25, 0.3) is 5.91 Å². The minimum absolute atomic E-state index is 0.137. The van der Waals surface area contributed by atoms with E-state index in [0.717, 1.165) is 28.6 Å². The highest BCUT2D eigenvalue weighted by molar-refractivity contribution is 9.10. The second-order valence-electron chi connectivity index (χ2n) is 5.69. The van der Waals surface area contributed by atoms with Gasteiger partial charge < -0.3 is 10.3 Å². The maximum Gasteiger partial charge on any atom is 0.266 e. The fourth-order valence-electron chi connectivity index (χ4n) is 2.95. The molecule has 0 saturated carbocycles. The van der Waals surface area contributed by atoms with Crippen molar-refractivity contribution in [1.82, 2.24) is 9.47 Å². The normalized spacial score (nSPS) is 20.9. The monoisotopic (exact) mass is 374 g/mol. The zero-order chi connectivity index (χ0) is 16.6. The average Bonchev–Trinajstić information content (AvgIpc) is 3.08. The zero-order valence-electron chi connectivity index (χ0n) is 13.2. The summed E-state index contributed by atoms with van der Waals surface area (Å²) in [6, 6.07) is 9.61. The van der Waals surface area contributed by atoms with Crippen LogP contribution in [0.3, 0.4) is 0 Å². The molecular formula is C17H19BrN4O. The van der Waals surface area contributed by atoms with Crippen molar-refractivity contribution >= 4 is 27.8 Å². The summed E-state index contributed by atoms with van der Waals surface area (Å²) < 4.78 is 2.98. The predicted molar refractivity (Wildman–Crippen MR) is 94.0 cm³/mol. The van der Waals surface area contributed by atoms with Gasteiger partial charge >= 0.3 is 0 Å².